The summed E-state index contributed by atoms with van der Waals surface area (Å²) >= 11 is 9.13. The van der Waals surface area contributed by atoms with Gasteiger partial charge in [-0.25, -0.2) is 0 Å². The Morgan fingerprint density at radius 2 is 1.95 bits per heavy atom. The number of thiocarbonyl (C=S) groups is 1. The average molecular weight is 300 g/mol. The molecular formula is C15H25NOS2. The Bertz CT molecular complexity index is 360. The fourth-order valence-electron chi connectivity index (χ4n) is 5.06. The molecule has 0 aromatic heterocycles. The number of thiol groups is 1. The van der Waals surface area contributed by atoms with Gasteiger partial charge in [0.2, 0.25) is 4.38 Å². The minimum Gasteiger partial charge on any atom is -0.475 e. The fraction of sp³-hybridized carbons (Fsp3) is 0.933. The lowest BCUT2D eigenvalue weighted by atomic mass is 9.68. The second-order valence-electron chi connectivity index (χ2n) is 6.98. The highest BCUT2D eigenvalue weighted by atomic mass is 32.1. The second-order valence-corrected chi connectivity index (χ2v) is 8.06. The Balaban J connectivity index is 1.61. The van der Waals surface area contributed by atoms with Gasteiger partial charge in [0.05, 0.1) is 0 Å². The molecule has 2 bridgehead atoms. The van der Waals surface area contributed by atoms with E-state index in [1.54, 1.807) is 0 Å². The molecule has 3 aliphatic carbocycles. The minimum atomic E-state index is 0.367. The van der Waals surface area contributed by atoms with Gasteiger partial charge in [0.25, 0.3) is 0 Å². The maximum absolute atomic E-state index is 5.77. The third-order valence-electron chi connectivity index (χ3n) is 5.52. The van der Waals surface area contributed by atoms with Crippen LogP contribution in [0, 0.1) is 23.7 Å². The largest absolute Gasteiger partial charge is 0.475 e. The Kier molecular flexibility index (Phi) is 4.12. The topological polar surface area (TPSA) is 21.3 Å². The van der Waals surface area contributed by atoms with Crippen molar-refractivity contribution < 1.29 is 4.74 Å². The molecule has 0 saturated heterocycles. The van der Waals surface area contributed by atoms with Crippen molar-refractivity contribution in [3.63, 3.8) is 0 Å². The van der Waals surface area contributed by atoms with Crippen LogP contribution in [0.2, 0.25) is 0 Å². The van der Waals surface area contributed by atoms with Crippen LogP contribution in [0.25, 0.3) is 0 Å². The molecule has 0 aromatic rings. The standard InChI is InChI=1S/C15H25NOS2/c1-8(2)16-10-3-4-11-12(7-10)9-5-13(11)14(6-9)17-15(18)19/h8-14,16H,3-7H2,1-2H3,(H,18,19). The van der Waals surface area contributed by atoms with Gasteiger partial charge in [-0.3, -0.25) is 0 Å². The summed E-state index contributed by atoms with van der Waals surface area (Å²) in [5.74, 6) is 3.44. The summed E-state index contributed by atoms with van der Waals surface area (Å²) in [6.07, 6.45) is 7.02. The van der Waals surface area contributed by atoms with E-state index in [4.69, 9.17) is 17.0 Å². The first kappa shape index (κ1) is 14.2. The van der Waals surface area contributed by atoms with Gasteiger partial charge in [0.1, 0.15) is 6.10 Å². The van der Waals surface area contributed by atoms with Gasteiger partial charge in [-0.1, -0.05) is 26.5 Å². The zero-order valence-electron chi connectivity index (χ0n) is 11.8. The summed E-state index contributed by atoms with van der Waals surface area (Å²) in [5.41, 5.74) is 0. The molecule has 0 amide bonds. The normalized spacial score (nSPS) is 44.4. The highest BCUT2D eigenvalue weighted by molar-refractivity contribution is 8.10. The number of rotatable bonds is 3. The molecule has 3 aliphatic rings. The summed E-state index contributed by atoms with van der Waals surface area (Å²) in [6, 6.07) is 1.35. The molecule has 0 heterocycles. The summed E-state index contributed by atoms with van der Waals surface area (Å²) in [5, 5.41) is 3.73. The predicted octanol–water partition coefficient (Wildman–Crippen LogP) is 3.41. The molecule has 3 fully saturated rings. The summed E-state index contributed by atoms with van der Waals surface area (Å²) in [4.78, 5) is 0. The Morgan fingerprint density at radius 3 is 2.63 bits per heavy atom. The van der Waals surface area contributed by atoms with E-state index in [1.807, 2.05) is 0 Å². The molecule has 0 radical (unpaired) electrons. The van der Waals surface area contributed by atoms with Gasteiger partial charge < -0.3 is 10.1 Å². The zero-order valence-corrected chi connectivity index (χ0v) is 13.6. The van der Waals surface area contributed by atoms with Crippen molar-refractivity contribution in [3.05, 3.63) is 0 Å². The van der Waals surface area contributed by atoms with Crippen LogP contribution in [0.4, 0.5) is 0 Å². The van der Waals surface area contributed by atoms with Gasteiger partial charge in [-0.2, -0.15) is 0 Å². The molecular weight excluding hydrogens is 274 g/mol. The van der Waals surface area contributed by atoms with E-state index in [-0.39, 0.29) is 0 Å². The van der Waals surface area contributed by atoms with E-state index in [0.717, 1.165) is 29.7 Å². The van der Waals surface area contributed by atoms with Crippen LogP contribution < -0.4 is 5.32 Å². The third kappa shape index (κ3) is 2.81. The summed E-state index contributed by atoms with van der Waals surface area (Å²) in [7, 11) is 0. The van der Waals surface area contributed by atoms with E-state index >= 15 is 0 Å². The number of hydrogen-bond donors (Lipinski definition) is 2. The molecule has 6 unspecified atom stereocenters. The summed E-state index contributed by atoms with van der Waals surface area (Å²) < 4.78 is 6.20. The lowest BCUT2D eigenvalue weighted by molar-refractivity contribution is 0.0387. The molecule has 19 heavy (non-hydrogen) atoms. The van der Waals surface area contributed by atoms with E-state index in [9.17, 15) is 0 Å². The maximum Gasteiger partial charge on any atom is 0.217 e. The van der Waals surface area contributed by atoms with Crippen LogP contribution in [-0.4, -0.2) is 22.6 Å². The molecule has 6 atom stereocenters. The highest BCUT2D eigenvalue weighted by Gasteiger charge is 2.54. The number of fused-ring (bicyclic) bond motifs is 5. The molecule has 0 spiro atoms. The molecule has 3 rings (SSSR count). The monoisotopic (exact) mass is 299 g/mol. The minimum absolute atomic E-state index is 0.367. The van der Waals surface area contributed by atoms with Crippen molar-refractivity contribution in [1.29, 1.82) is 0 Å². The van der Waals surface area contributed by atoms with E-state index in [2.05, 4.69) is 31.8 Å². The van der Waals surface area contributed by atoms with Crippen LogP contribution >= 0.6 is 24.8 Å². The van der Waals surface area contributed by atoms with Gasteiger partial charge in [0.15, 0.2) is 0 Å². The van der Waals surface area contributed by atoms with Gasteiger partial charge in [0, 0.05) is 12.1 Å². The highest BCUT2D eigenvalue weighted by Crippen LogP contribution is 2.58. The third-order valence-corrected chi connectivity index (χ3v) is 5.72. The lowest BCUT2D eigenvalue weighted by Gasteiger charge is -2.42. The molecule has 0 aromatic carbocycles. The van der Waals surface area contributed by atoms with Crippen molar-refractivity contribution in [3.8, 4) is 0 Å². The van der Waals surface area contributed by atoms with Crippen LogP contribution in [0.3, 0.4) is 0 Å². The Hall–Kier alpha value is 0.200. The predicted molar refractivity (Wildman–Crippen MR) is 85.6 cm³/mol. The first-order chi connectivity index (χ1) is 9.04. The quantitative estimate of drug-likeness (QED) is 0.616. The molecule has 108 valence electrons. The molecule has 2 nitrogen and oxygen atoms in total. The van der Waals surface area contributed by atoms with Crippen LogP contribution in [0.15, 0.2) is 0 Å². The first-order valence-corrected chi connectivity index (χ1v) is 8.55. The maximum atomic E-state index is 5.77. The number of hydrogen-bond acceptors (Lipinski definition) is 3. The molecule has 1 N–H and O–H groups in total. The molecule has 3 saturated carbocycles. The van der Waals surface area contributed by atoms with Crippen molar-refractivity contribution in [1.82, 2.24) is 5.32 Å². The zero-order chi connectivity index (χ0) is 13.6. The summed E-state index contributed by atoms with van der Waals surface area (Å²) in [6.45, 7) is 4.51. The smallest absolute Gasteiger partial charge is 0.217 e. The molecule has 4 heteroatoms. The number of nitrogens with one attached hydrogen (secondary N) is 1. The van der Waals surface area contributed by atoms with Gasteiger partial charge >= 0.3 is 0 Å². The second kappa shape index (κ2) is 5.53. The van der Waals surface area contributed by atoms with Crippen LogP contribution in [0.5, 0.6) is 0 Å². The van der Waals surface area contributed by atoms with Crippen molar-refractivity contribution in [2.45, 2.75) is 64.1 Å². The van der Waals surface area contributed by atoms with E-state index < -0.39 is 0 Å². The number of ether oxygens (including phenoxy) is 1. The first-order valence-electron chi connectivity index (χ1n) is 7.70. The fourth-order valence-corrected chi connectivity index (χ4v) is 5.32. The van der Waals surface area contributed by atoms with Crippen molar-refractivity contribution >= 4 is 29.2 Å². The van der Waals surface area contributed by atoms with Crippen molar-refractivity contribution in [2.75, 3.05) is 0 Å². The van der Waals surface area contributed by atoms with Gasteiger partial charge in [-0.15, -0.1) is 0 Å². The van der Waals surface area contributed by atoms with Crippen LogP contribution in [0.1, 0.15) is 46.0 Å². The SMILES string of the molecule is CC(C)NC1CCC2C(C1)C1CC(OC(=S)S)C2C1. The van der Waals surface area contributed by atoms with Gasteiger partial charge in [-0.05, 0) is 68.0 Å². The van der Waals surface area contributed by atoms with Crippen LogP contribution in [-0.2, 0) is 4.74 Å². The van der Waals surface area contributed by atoms with E-state index in [1.165, 1.54) is 32.1 Å². The Morgan fingerprint density at radius 1 is 1.16 bits per heavy atom. The lowest BCUT2D eigenvalue weighted by Crippen LogP contribution is -2.44. The molecule has 0 aliphatic heterocycles. The van der Waals surface area contributed by atoms with Crippen molar-refractivity contribution in [2.24, 2.45) is 23.7 Å². The Labute approximate surface area is 127 Å². The van der Waals surface area contributed by atoms with E-state index in [0.29, 0.717) is 16.5 Å². The average Bonchev–Trinajstić information content (AvgIpc) is 2.85.